The number of hydrogen-bond acceptors (Lipinski definition) is 7. The minimum Gasteiger partial charge on any atom is -0.381 e. The van der Waals surface area contributed by atoms with E-state index in [0.717, 1.165) is 49.8 Å². The molecule has 9 heteroatoms. The molecule has 0 saturated carbocycles. The highest BCUT2D eigenvalue weighted by Gasteiger charge is 2.38. The molecule has 0 radical (unpaired) electrons. The molecule has 0 aliphatic carbocycles. The number of aromatic nitrogens is 7. The third-order valence-corrected chi connectivity index (χ3v) is 5.16. The van der Waals surface area contributed by atoms with Gasteiger partial charge in [-0.05, 0) is 19.3 Å². The van der Waals surface area contributed by atoms with Gasteiger partial charge >= 0.3 is 0 Å². The van der Waals surface area contributed by atoms with Crippen LogP contribution in [0.4, 0.5) is 5.82 Å². The van der Waals surface area contributed by atoms with Gasteiger partial charge in [-0.2, -0.15) is 4.98 Å². The molecule has 3 aromatic rings. The molecular weight excluding hydrogens is 332 g/mol. The van der Waals surface area contributed by atoms with Gasteiger partial charge in [-0.15, -0.1) is 10.2 Å². The van der Waals surface area contributed by atoms with Crippen molar-refractivity contribution in [2.24, 2.45) is 0 Å². The maximum Gasteiger partial charge on any atom is 0.236 e. The van der Waals surface area contributed by atoms with Crippen molar-refractivity contribution in [3.63, 3.8) is 0 Å². The molecule has 0 amide bonds. The molecule has 1 atom stereocenters. The number of ether oxygens (including phenoxy) is 1. The predicted octanol–water partition coefficient (Wildman–Crippen LogP) is 1.69. The van der Waals surface area contributed by atoms with Gasteiger partial charge in [0.1, 0.15) is 18.3 Å². The van der Waals surface area contributed by atoms with Gasteiger partial charge in [0.15, 0.2) is 11.6 Å². The molecule has 0 N–H and O–H groups in total. The third-order valence-electron chi connectivity index (χ3n) is 5.16. The van der Waals surface area contributed by atoms with Gasteiger partial charge in [0.2, 0.25) is 5.95 Å². The van der Waals surface area contributed by atoms with Gasteiger partial charge in [-0.1, -0.05) is 6.92 Å². The van der Waals surface area contributed by atoms with Crippen LogP contribution in [0.1, 0.15) is 38.1 Å². The molecule has 9 nitrogen and oxygen atoms in total. The van der Waals surface area contributed by atoms with Crippen LogP contribution in [0, 0.1) is 0 Å². The van der Waals surface area contributed by atoms with E-state index in [2.05, 4.69) is 32.0 Å². The zero-order chi connectivity index (χ0) is 17.5. The maximum atomic E-state index is 5.58. The lowest BCUT2D eigenvalue weighted by Gasteiger charge is -2.43. The van der Waals surface area contributed by atoms with Gasteiger partial charge in [-0.3, -0.25) is 9.13 Å². The van der Waals surface area contributed by atoms with Crippen LogP contribution in [0.2, 0.25) is 0 Å². The van der Waals surface area contributed by atoms with E-state index < -0.39 is 0 Å². The first-order valence-corrected chi connectivity index (χ1v) is 8.98. The number of rotatable bonds is 3. The second-order valence-corrected chi connectivity index (χ2v) is 6.58. The molecule has 0 aromatic carbocycles. The zero-order valence-corrected chi connectivity index (χ0v) is 14.6. The number of fused-ring (bicyclic) bond motifs is 3. The maximum absolute atomic E-state index is 5.58. The Balaban J connectivity index is 1.68. The first-order valence-electron chi connectivity index (χ1n) is 8.98. The van der Waals surface area contributed by atoms with E-state index in [9.17, 15) is 0 Å². The highest BCUT2D eigenvalue weighted by Crippen LogP contribution is 2.40. The Kier molecular flexibility index (Phi) is 3.66. The van der Waals surface area contributed by atoms with Crippen molar-refractivity contribution < 1.29 is 4.74 Å². The van der Waals surface area contributed by atoms with Gasteiger partial charge in [0.25, 0.3) is 0 Å². The molecule has 0 unspecified atom stereocenters. The van der Waals surface area contributed by atoms with Crippen LogP contribution in [0.15, 0.2) is 31.2 Å². The molecule has 26 heavy (non-hydrogen) atoms. The van der Waals surface area contributed by atoms with Crippen molar-refractivity contribution >= 4 is 5.82 Å². The van der Waals surface area contributed by atoms with Crippen LogP contribution >= 0.6 is 0 Å². The standard InChI is InChI=1S/C17H20N8O/c1-2-13-16-22-20-11-24(16)14-9-19-17(23-6-5-18-10-23)21-15(14)25(13)12-3-7-26-8-4-12/h5-6,9-13H,2-4,7-8H2,1H3/t13-/m1/s1. The summed E-state index contributed by atoms with van der Waals surface area (Å²) in [6, 6.07) is 0.502. The van der Waals surface area contributed by atoms with E-state index in [1.165, 1.54) is 0 Å². The lowest BCUT2D eigenvalue weighted by molar-refractivity contribution is 0.0817. The number of anilines is 1. The molecule has 1 fully saturated rings. The van der Waals surface area contributed by atoms with E-state index in [1.807, 2.05) is 21.5 Å². The van der Waals surface area contributed by atoms with Gasteiger partial charge < -0.3 is 9.64 Å². The molecule has 2 aliphatic rings. The van der Waals surface area contributed by atoms with Crippen LogP contribution in [0.3, 0.4) is 0 Å². The van der Waals surface area contributed by atoms with E-state index in [0.29, 0.717) is 12.0 Å². The van der Waals surface area contributed by atoms with Crippen LogP contribution in [0.25, 0.3) is 11.6 Å². The minimum absolute atomic E-state index is 0.138. The van der Waals surface area contributed by atoms with Crippen molar-refractivity contribution in [2.75, 3.05) is 18.1 Å². The van der Waals surface area contributed by atoms with Crippen LogP contribution in [0.5, 0.6) is 0 Å². The number of hydrogen-bond donors (Lipinski definition) is 0. The molecule has 5 rings (SSSR count). The average Bonchev–Trinajstić information content (AvgIpc) is 3.39. The lowest BCUT2D eigenvalue weighted by Crippen LogP contribution is -2.45. The second-order valence-electron chi connectivity index (χ2n) is 6.58. The summed E-state index contributed by atoms with van der Waals surface area (Å²) in [5.41, 5.74) is 0.921. The quantitative estimate of drug-likeness (QED) is 0.709. The van der Waals surface area contributed by atoms with E-state index in [1.54, 1.807) is 18.9 Å². The molecule has 1 saturated heterocycles. The summed E-state index contributed by atoms with van der Waals surface area (Å²) >= 11 is 0. The molecular formula is C17H20N8O. The Morgan fingerprint density at radius 3 is 2.88 bits per heavy atom. The van der Waals surface area contributed by atoms with Crippen molar-refractivity contribution in [1.29, 1.82) is 0 Å². The highest BCUT2D eigenvalue weighted by atomic mass is 16.5. The molecule has 0 spiro atoms. The fourth-order valence-electron chi connectivity index (χ4n) is 3.92. The van der Waals surface area contributed by atoms with Crippen molar-refractivity contribution in [1.82, 2.24) is 34.3 Å². The fourth-order valence-corrected chi connectivity index (χ4v) is 3.92. The fraction of sp³-hybridized carbons (Fsp3) is 0.471. The van der Waals surface area contributed by atoms with E-state index in [-0.39, 0.29) is 6.04 Å². The van der Waals surface area contributed by atoms with Crippen molar-refractivity contribution in [3.05, 3.63) is 37.1 Å². The van der Waals surface area contributed by atoms with Gasteiger partial charge in [0, 0.05) is 31.6 Å². The summed E-state index contributed by atoms with van der Waals surface area (Å²) in [4.78, 5) is 15.9. The Morgan fingerprint density at radius 1 is 1.23 bits per heavy atom. The Bertz CT molecular complexity index is 899. The number of nitrogens with zero attached hydrogens (tertiary/aromatic N) is 8. The van der Waals surface area contributed by atoms with Crippen molar-refractivity contribution in [3.8, 4) is 11.6 Å². The van der Waals surface area contributed by atoms with Crippen LogP contribution in [-0.2, 0) is 4.74 Å². The summed E-state index contributed by atoms with van der Waals surface area (Å²) in [6.07, 6.45) is 11.8. The number of imidazole rings is 1. The van der Waals surface area contributed by atoms with Crippen LogP contribution < -0.4 is 4.90 Å². The Labute approximate surface area is 150 Å². The summed E-state index contributed by atoms with van der Waals surface area (Å²) in [7, 11) is 0. The molecule has 0 bridgehead atoms. The Morgan fingerprint density at radius 2 is 2.12 bits per heavy atom. The molecule has 5 heterocycles. The van der Waals surface area contributed by atoms with E-state index >= 15 is 0 Å². The second kappa shape index (κ2) is 6.17. The smallest absolute Gasteiger partial charge is 0.236 e. The Hall–Kier alpha value is -2.81. The average molecular weight is 352 g/mol. The summed E-state index contributed by atoms with van der Waals surface area (Å²) in [5, 5.41) is 8.54. The lowest BCUT2D eigenvalue weighted by atomic mass is 10.0. The monoisotopic (exact) mass is 352 g/mol. The highest BCUT2D eigenvalue weighted by molar-refractivity contribution is 5.62. The first-order chi connectivity index (χ1) is 12.9. The largest absolute Gasteiger partial charge is 0.381 e. The summed E-state index contributed by atoms with van der Waals surface area (Å²) in [6.45, 7) is 3.73. The molecule has 134 valence electrons. The van der Waals surface area contributed by atoms with Gasteiger partial charge in [0.05, 0.1) is 12.2 Å². The van der Waals surface area contributed by atoms with Crippen molar-refractivity contribution in [2.45, 2.75) is 38.3 Å². The molecule has 3 aromatic heterocycles. The normalized spacial score (nSPS) is 20.0. The van der Waals surface area contributed by atoms with Gasteiger partial charge in [-0.25, -0.2) is 9.97 Å². The topological polar surface area (TPSA) is 86.8 Å². The summed E-state index contributed by atoms with van der Waals surface area (Å²) < 4.78 is 9.41. The SMILES string of the molecule is CC[C@@H]1c2nncn2-c2cnc(-n3ccnc3)nc2N1C1CCOCC1. The van der Waals surface area contributed by atoms with E-state index in [4.69, 9.17) is 9.72 Å². The summed E-state index contributed by atoms with van der Waals surface area (Å²) in [5.74, 6) is 2.49. The minimum atomic E-state index is 0.138. The zero-order valence-electron chi connectivity index (χ0n) is 14.6. The first kappa shape index (κ1) is 15.4. The van der Waals surface area contributed by atoms with Crippen LogP contribution in [-0.4, -0.2) is 53.5 Å². The predicted molar refractivity (Wildman–Crippen MR) is 93.4 cm³/mol. The molecule has 2 aliphatic heterocycles. The third kappa shape index (κ3) is 2.31.